The predicted molar refractivity (Wildman–Crippen MR) is 67.6 cm³/mol. The van der Waals surface area contributed by atoms with E-state index in [1.54, 1.807) is 25.3 Å². The molecule has 2 aromatic rings. The van der Waals surface area contributed by atoms with Gasteiger partial charge in [0, 0.05) is 12.7 Å². The summed E-state index contributed by atoms with van der Waals surface area (Å²) in [4.78, 5) is 0. The summed E-state index contributed by atoms with van der Waals surface area (Å²) >= 11 is 0. The molecule has 1 atom stereocenters. The van der Waals surface area contributed by atoms with Crippen molar-refractivity contribution in [3.05, 3.63) is 70.8 Å². The maximum atomic E-state index is 13.6. The summed E-state index contributed by atoms with van der Waals surface area (Å²) in [5, 5.41) is 10.1. The Balaban J connectivity index is 2.35. The van der Waals surface area contributed by atoms with Crippen LogP contribution in [-0.4, -0.2) is 12.2 Å². The summed E-state index contributed by atoms with van der Waals surface area (Å²) in [6.45, 7) is 0.395. The van der Waals surface area contributed by atoms with Gasteiger partial charge in [0.15, 0.2) is 0 Å². The summed E-state index contributed by atoms with van der Waals surface area (Å²) in [6, 6.07) is 9.97. The second kappa shape index (κ2) is 5.91. The van der Waals surface area contributed by atoms with Gasteiger partial charge in [-0.2, -0.15) is 0 Å². The van der Waals surface area contributed by atoms with Crippen molar-refractivity contribution in [3.63, 3.8) is 0 Å². The predicted octanol–water partition coefficient (Wildman–Crippen LogP) is 3.19. The fourth-order valence-electron chi connectivity index (χ4n) is 1.92. The first kappa shape index (κ1) is 13.6. The van der Waals surface area contributed by atoms with Crippen molar-refractivity contribution >= 4 is 0 Å². The summed E-state index contributed by atoms with van der Waals surface area (Å²) in [7, 11) is 1.56. The van der Waals surface area contributed by atoms with Crippen LogP contribution in [0.1, 0.15) is 22.8 Å². The number of benzene rings is 2. The zero-order chi connectivity index (χ0) is 13.8. The van der Waals surface area contributed by atoms with E-state index >= 15 is 0 Å². The molecule has 0 saturated carbocycles. The van der Waals surface area contributed by atoms with Crippen LogP contribution in [0.5, 0.6) is 0 Å². The molecule has 2 aromatic carbocycles. The zero-order valence-electron chi connectivity index (χ0n) is 10.4. The number of rotatable bonds is 4. The second-order valence-electron chi connectivity index (χ2n) is 4.25. The highest BCUT2D eigenvalue weighted by atomic mass is 19.1. The van der Waals surface area contributed by atoms with E-state index in [2.05, 4.69) is 0 Å². The van der Waals surface area contributed by atoms with Crippen LogP contribution in [0.25, 0.3) is 0 Å². The first-order valence-corrected chi connectivity index (χ1v) is 5.82. The van der Waals surface area contributed by atoms with Gasteiger partial charge in [0.05, 0.1) is 6.61 Å². The lowest BCUT2D eigenvalue weighted by atomic mass is 9.99. The van der Waals surface area contributed by atoms with Crippen molar-refractivity contribution in [1.29, 1.82) is 0 Å². The summed E-state index contributed by atoms with van der Waals surface area (Å²) in [6.07, 6.45) is -1.20. The lowest BCUT2D eigenvalue weighted by Gasteiger charge is -2.13. The zero-order valence-corrected chi connectivity index (χ0v) is 10.4. The van der Waals surface area contributed by atoms with Crippen LogP contribution in [0, 0.1) is 11.6 Å². The third-order valence-electron chi connectivity index (χ3n) is 2.83. The largest absolute Gasteiger partial charge is 0.384 e. The van der Waals surface area contributed by atoms with Gasteiger partial charge < -0.3 is 9.84 Å². The molecule has 0 aliphatic rings. The average Bonchev–Trinajstić information content (AvgIpc) is 2.41. The number of methoxy groups -OCH3 is 1. The Labute approximate surface area is 110 Å². The van der Waals surface area contributed by atoms with Crippen LogP contribution in [-0.2, 0) is 11.3 Å². The SMILES string of the molecule is COCc1cccc(C(O)c2cc(F)ccc2F)c1. The van der Waals surface area contributed by atoms with Crippen molar-refractivity contribution in [2.75, 3.05) is 7.11 Å². The molecule has 0 radical (unpaired) electrons. The maximum absolute atomic E-state index is 13.6. The molecule has 0 aromatic heterocycles. The van der Waals surface area contributed by atoms with Gasteiger partial charge >= 0.3 is 0 Å². The van der Waals surface area contributed by atoms with E-state index in [0.717, 1.165) is 23.8 Å². The van der Waals surface area contributed by atoms with E-state index in [9.17, 15) is 13.9 Å². The van der Waals surface area contributed by atoms with Gasteiger partial charge in [-0.3, -0.25) is 0 Å². The standard InChI is InChI=1S/C15H14F2O2/c1-19-9-10-3-2-4-11(7-10)15(18)13-8-12(16)5-6-14(13)17/h2-8,15,18H,9H2,1H3. The van der Waals surface area contributed by atoms with Crippen LogP contribution in [0.3, 0.4) is 0 Å². The summed E-state index contributed by atoms with van der Waals surface area (Å²) in [5.41, 5.74) is 1.28. The van der Waals surface area contributed by atoms with Crippen LogP contribution >= 0.6 is 0 Å². The number of aliphatic hydroxyl groups is 1. The maximum Gasteiger partial charge on any atom is 0.129 e. The first-order chi connectivity index (χ1) is 9.11. The third kappa shape index (κ3) is 3.16. The molecule has 4 heteroatoms. The Morgan fingerprint density at radius 1 is 1.16 bits per heavy atom. The summed E-state index contributed by atoms with van der Waals surface area (Å²) in [5.74, 6) is -1.21. The first-order valence-electron chi connectivity index (χ1n) is 5.82. The van der Waals surface area contributed by atoms with E-state index in [1.807, 2.05) is 6.07 Å². The Bertz CT molecular complexity index is 570. The molecule has 0 amide bonds. The van der Waals surface area contributed by atoms with Crippen LogP contribution in [0.2, 0.25) is 0 Å². The summed E-state index contributed by atoms with van der Waals surface area (Å²) < 4.78 is 31.7. The number of hydrogen-bond acceptors (Lipinski definition) is 2. The molecule has 1 unspecified atom stereocenters. The van der Waals surface area contributed by atoms with Crippen molar-refractivity contribution in [2.45, 2.75) is 12.7 Å². The number of aliphatic hydroxyl groups excluding tert-OH is 1. The molecule has 0 saturated heterocycles. The Morgan fingerprint density at radius 3 is 2.68 bits per heavy atom. The van der Waals surface area contributed by atoms with Crippen molar-refractivity contribution in [2.24, 2.45) is 0 Å². The van der Waals surface area contributed by atoms with Crippen LogP contribution < -0.4 is 0 Å². The number of hydrogen-bond donors (Lipinski definition) is 1. The van der Waals surface area contributed by atoms with Gasteiger partial charge in [-0.05, 0) is 29.3 Å². The fraction of sp³-hybridized carbons (Fsp3) is 0.200. The molecule has 2 nitrogen and oxygen atoms in total. The molecule has 1 N–H and O–H groups in total. The molecular formula is C15H14F2O2. The third-order valence-corrected chi connectivity index (χ3v) is 2.83. The van der Waals surface area contributed by atoms with Crippen molar-refractivity contribution in [3.8, 4) is 0 Å². The van der Waals surface area contributed by atoms with E-state index in [1.165, 1.54) is 0 Å². The minimum atomic E-state index is -1.20. The van der Waals surface area contributed by atoms with Gasteiger partial charge in [0.25, 0.3) is 0 Å². The van der Waals surface area contributed by atoms with Crippen LogP contribution in [0.15, 0.2) is 42.5 Å². The molecule has 0 fully saturated rings. The number of ether oxygens (including phenoxy) is 1. The van der Waals surface area contributed by atoms with E-state index < -0.39 is 17.7 Å². The second-order valence-corrected chi connectivity index (χ2v) is 4.25. The molecule has 0 aliphatic heterocycles. The van der Waals surface area contributed by atoms with Crippen molar-refractivity contribution < 1.29 is 18.6 Å². The number of halogens is 2. The van der Waals surface area contributed by atoms with Gasteiger partial charge in [-0.25, -0.2) is 8.78 Å². The Hall–Kier alpha value is -1.78. The van der Waals surface area contributed by atoms with E-state index in [0.29, 0.717) is 12.2 Å². The Morgan fingerprint density at radius 2 is 1.95 bits per heavy atom. The highest BCUT2D eigenvalue weighted by molar-refractivity contribution is 5.33. The minimum absolute atomic E-state index is 0.0745. The highest BCUT2D eigenvalue weighted by Gasteiger charge is 2.16. The van der Waals surface area contributed by atoms with Crippen molar-refractivity contribution in [1.82, 2.24) is 0 Å². The molecule has 0 bridgehead atoms. The Kier molecular flexibility index (Phi) is 4.24. The monoisotopic (exact) mass is 264 g/mol. The molecule has 0 aliphatic carbocycles. The van der Waals surface area contributed by atoms with E-state index in [-0.39, 0.29) is 5.56 Å². The van der Waals surface area contributed by atoms with Gasteiger partial charge in [0.2, 0.25) is 0 Å². The lowest BCUT2D eigenvalue weighted by Crippen LogP contribution is -2.04. The molecular weight excluding hydrogens is 250 g/mol. The molecule has 0 heterocycles. The molecule has 100 valence electrons. The quantitative estimate of drug-likeness (QED) is 0.919. The molecule has 0 spiro atoms. The van der Waals surface area contributed by atoms with Crippen LogP contribution in [0.4, 0.5) is 8.78 Å². The minimum Gasteiger partial charge on any atom is -0.384 e. The van der Waals surface area contributed by atoms with E-state index in [4.69, 9.17) is 4.74 Å². The smallest absolute Gasteiger partial charge is 0.129 e. The van der Waals surface area contributed by atoms with Gasteiger partial charge in [-0.15, -0.1) is 0 Å². The topological polar surface area (TPSA) is 29.5 Å². The lowest BCUT2D eigenvalue weighted by molar-refractivity contribution is 0.184. The molecule has 2 rings (SSSR count). The average molecular weight is 264 g/mol. The molecule has 19 heavy (non-hydrogen) atoms. The normalized spacial score (nSPS) is 12.4. The van der Waals surface area contributed by atoms with Gasteiger partial charge in [0.1, 0.15) is 17.7 Å². The van der Waals surface area contributed by atoms with Gasteiger partial charge in [-0.1, -0.05) is 24.3 Å². The fourth-order valence-corrected chi connectivity index (χ4v) is 1.92. The highest BCUT2D eigenvalue weighted by Crippen LogP contribution is 2.25.